The van der Waals surface area contributed by atoms with Crippen LogP contribution in [0.4, 0.5) is 27.1 Å². The smallest absolute Gasteiger partial charge is 0.144 e. The zero-order valence-corrected chi connectivity index (χ0v) is 29.1. The number of hydrogen-bond acceptors (Lipinski definition) is 4. The number of hydrogen-bond donors (Lipinski definition) is 0. The molecule has 0 N–H and O–H groups in total. The van der Waals surface area contributed by atoms with Crippen molar-refractivity contribution in [1.82, 2.24) is 9.55 Å². The van der Waals surface area contributed by atoms with E-state index in [0.717, 1.165) is 63.1 Å². The van der Waals surface area contributed by atoms with E-state index in [0.29, 0.717) is 23.1 Å². The maximum absolute atomic E-state index is 15.1. The fourth-order valence-electron chi connectivity index (χ4n) is 7.30. The number of pyridine rings is 1. The van der Waals surface area contributed by atoms with E-state index in [2.05, 4.69) is 83.1 Å². The second-order valence-corrected chi connectivity index (χ2v) is 12.7. The van der Waals surface area contributed by atoms with Gasteiger partial charge in [0.05, 0.1) is 0 Å². The van der Waals surface area contributed by atoms with Crippen molar-refractivity contribution in [1.29, 1.82) is 0 Å². The number of anilines is 4. The Morgan fingerprint density at radius 3 is 2.29 bits per heavy atom. The molecule has 1 aliphatic heterocycles. The summed E-state index contributed by atoms with van der Waals surface area (Å²) in [7, 11) is 0. The minimum atomic E-state index is -0.276. The third-order valence-electron chi connectivity index (χ3n) is 9.59. The van der Waals surface area contributed by atoms with Crippen molar-refractivity contribution in [3.8, 4) is 17.3 Å². The number of halogens is 1. The molecule has 0 radical (unpaired) electrons. The Hall–Kier alpha value is -4.93. The molecule has 1 saturated carbocycles. The maximum atomic E-state index is 15.1. The van der Waals surface area contributed by atoms with E-state index in [9.17, 15) is 0 Å². The predicted octanol–water partition coefficient (Wildman–Crippen LogP) is 11.1. The van der Waals surface area contributed by atoms with Crippen LogP contribution < -0.4 is 14.5 Å². The summed E-state index contributed by atoms with van der Waals surface area (Å²) in [5.74, 6) is 2.24. The molecule has 1 fully saturated rings. The largest absolute Gasteiger partial charge is 0.509 e. The van der Waals surface area contributed by atoms with E-state index in [1.54, 1.807) is 12.1 Å². The molecule has 2 aromatic heterocycles. The van der Waals surface area contributed by atoms with Gasteiger partial charge in [-0.2, -0.15) is 6.07 Å². The van der Waals surface area contributed by atoms with Crippen LogP contribution in [0.25, 0.3) is 27.6 Å². The van der Waals surface area contributed by atoms with Crippen LogP contribution in [0.15, 0.2) is 115 Å². The van der Waals surface area contributed by atoms with Gasteiger partial charge in [0.1, 0.15) is 11.6 Å². The molecule has 5 nitrogen and oxygen atoms in total. The molecule has 9 rings (SSSR count). The Bertz CT molecular complexity index is 2330. The Morgan fingerprint density at radius 1 is 0.755 bits per heavy atom. The van der Waals surface area contributed by atoms with Gasteiger partial charge in [-0.05, 0) is 79.1 Å². The van der Waals surface area contributed by atoms with Crippen LogP contribution in [-0.2, 0) is 21.1 Å². The van der Waals surface area contributed by atoms with E-state index in [1.165, 1.54) is 24.5 Å². The second-order valence-electron chi connectivity index (χ2n) is 12.7. The maximum Gasteiger partial charge on any atom is 0.144 e. The summed E-state index contributed by atoms with van der Waals surface area (Å²) in [6.07, 6.45) is 6.57. The van der Waals surface area contributed by atoms with Crippen molar-refractivity contribution in [2.45, 2.75) is 38.5 Å². The van der Waals surface area contributed by atoms with Gasteiger partial charge >= 0.3 is 0 Å². The molecule has 0 saturated heterocycles. The number of para-hydroxylation sites is 4. The Kier molecular flexibility index (Phi) is 8.21. The molecule has 7 aromatic rings. The fraction of sp³-hybridized carbons (Fsp3) is 0.143. The number of aryl methyl sites for hydroxylation is 1. The predicted molar refractivity (Wildman–Crippen MR) is 190 cm³/mol. The van der Waals surface area contributed by atoms with Crippen LogP contribution in [-0.4, -0.2) is 9.55 Å². The van der Waals surface area contributed by atoms with Crippen LogP contribution in [0, 0.1) is 31.5 Å². The van der Waals surface area contributed by atoms with E-state index in [4.69, 9.17) is 9.72 Å². The number of benzene rings is 5. The van der Waals surface area contributed by atoms with Crippen molar-refractivity contribution in [2.24, 2.45) is 0 Å². The molecule has 2 aliphatic rings. The first-order valence-electron chi connectivity index (χ1n) is 16.5. The zero-order chi connectivity index (χ0) is 32.2. The van der Waals surface area contributed by atoms with Crippen LogP contribution in [0.1, 0.15) is 42.7 Å². The third kappa shape index (κ3) is 5.58. The average molecular weight is 823 g/mol. The number of fused-ring (bicyclic) bond motifs is 4. The molecular formula is C42H32FN4OPt-3. The van der Waals surface area contributed by atoms with Gasteiger partial charge in [-0.1, -0.05) is 60.8 Å². The van der Waals surface area contributed by atoms with E-state index >= 15 is 4.39 Å². The minimum absolute atomic E-state index is 0. The zero-order valence-electron chi connectivity index (χ0n) is 26.8. The number of rotatable bonds is 6. The van der Waals surface area contributed by atoms with Gasteiger partial charge in [-0.3, -0.25) is 0 Å². The van der Waals surface area contributed by atoms with Gasteiger partial charge < -0.3 is 19.1 Å². The molecule has 1 aliphatic carbocycles. The summed E-state index contributed by atoms with van der Waals surface area (Å²) < 4.78 is 23.9. The SMILES string of the molecule is Cc1ccnc(-n2c3[c-]c(Oc4[c-]c(N5[CH-]N(c6ccccc6F)c6ccccc65)cc(C5CCCC5)c4)ccc3c3ccccc32)c1.[Pt]. The molecule has 49 heavy (non-hydrogen) atoms. The average Bonchev–Trinajstić information content (AvgIpc) is 3.85. The van der Waals surface area contributed by atoms with Crippen LogP contribution in [0.3, 0.4) is 0 Å². The summed E-state index contributed by atoms with van der Waals surface area (Å²) >= 11 is 0. The first-order chi connectivity index (χ1) is 23.6. The first kappa shape index (κ1) is 31.3. The summed E-state index contributed by atoms with van der Waals surface area (Å²) in [5.41, 5.74) is 7.54. The topological polar surface area (TPSA) is 33.5 Å². The fourth-order valence-corrected chi connectivity index (χ4v) is 7.30. The molecule has 5 aromatic carbocycles. The third-order valence-corrected chi connectivity index (χ3v) is 9.59. The van der Waals surface area contributed by atoms with E-state index in [-0.39, 0.29) is 26.9 Å². The Labute approximate surface area is 299 Å². The number of nitrogens with zero attached hydrogens (tertiary/aromatic N) is 4. The number of aromatic nitrogens is 2. The minimum Gasteiger partial charge on any atom is -0.509 e. The molecule has 3 heterocycles. The monoisotopic (exact) mass is 822 g/mol. The molecule has 0 atom stereocenters. The Balaban J connectivity index is 0.00000348. The van der Waals surface area contributed by atoms with Gasteiger partial charge in [-0.25, -0.2) is 9.37 Å². The summed E-state index contributed by atoms with van der Waals surface area (Å²) in [5, 5.41) is 2.22. The van der Waals surface area contributed by atoms with Crippen molar-refractivity contribution in [3.63, 3.8) is 0 Å². The first-order valence-corrected chi connectivity index (χ1v) is 16.5. The van der Waals surface area contributed by atoms with Crippen LogP contribution in [0.5, 0.6) is 11.5 Å². The second kappa shape index (κ2) is 12.8. The number of ether oxygens (including phenoxy) is 1. The summed E-state index contributed by atoms with van der Waals surface area (Å²) in [6, 6.07) is 43.0. The molecule has 0 amide bonds. The van der Waals surface area contributed by atoms with Crippen molar-refractivity contribution < 1.29 is 30.2 Å². The molecular weight excluding hydrogens is 791 g/mol. The van der Waals surface area contributed by atoms with E-state index in [1.807, 2.05) is 54.2 Å². The Morgan fingerprint density at radius 2 is 1.49 bits per heavy atom. The molecule has 7 heteroatoms. The normalized spacial score (nSPS) is 14.4. The van der Waals surface area contributed by atoms with Crippen molar-refractivity contribution in [2.75, 3.05) is 9.80 Å². The van der Waals surface area contributed by atoms with Gasteiger partial charge in [-0.15, -0.1) is 53.6 Å². The van der Waals surface area contributed by atoms with Gasteiger partial charge in [0.15, 0.2) is 0 Å². The van der Waals surface area contributed by atoms with Crippen molar-refractivity contribution in [3.05, 3.63) is 151 Å². The summed E-state index contributed by atoms with van der Waals surface area (Å²) in [6.45, 7) is 4.02. The summed E-state index contributed by atoms with van der Waals surface area (Å²) in [4.78, 5) is 8.71. The van der Waals surface area contributed by atoms with Crippen LogP contribution in [0.2, 0.25) is 0 Å². The van der Waals surface area contributed by atoms with Gasteiger partial charge in [0.2, 0.25) is 0 Å². The standard InChI is InChI=1S/C42H32FN4O.Pt/c1-28-20-21-44-42(22-28)47-37-14-6-4-12-34(37)35-19-18-32(26-41(35)47)48-33-24-30(29-10-2-3-11-29)23-31(25-33)45-27-46(38-15-7-5-13-36(38)43)40-17-9-8-16-39(40)45;/h4-9,12-24,27,29H,2-3,10-11H2,1H3;/q-3;. The molecule has 0 spiro atoms. The molecule has 0 unspecified atom stereocenters. The van der Waals surface area contributed by atoms with E-state index < -0.39 is 0 Å². The quantitative estimate of drug-likeness (QED) is 0.157. The van der Waals surface area contributed by atoms with Gasteiger partial charge in [0, 0.05) is 61.3 Å². The molecule has 246 valence electrons. The van der Waals surface area contributed by atoms with Gasteiger partial charge in [0.25, 0.3) is 0 Å². The van der Waals surface area contributed by atoms with Crippen LogP contribution >= 0.6 is 0 Å². The van der Waals surface area contributed by atoms with Crippen molar-refractivity contribution >= 4 is 44.6 Å². The molecule has 0 bridgehead atoms.